The van der Waals surface area contributed by atoms with E-state index in [0.29, 0.717) is 5.95 Å². The summed E-state index contributed by atoms with van der Waals surface area (Å²) in [5, 5.41) is 11.7. The Kier molecular flexibility index (Phi) is 4.29. The Labute approximate surface area is 112 Å². The lowest BCUT2D eigenvalue weighted by Gasteiger charge is -2.29. The first-order valence-corrected chi connectivity index (χ1v) is 6.49. The minimum absolute atomic E-state index is 0.0608. The lowest BCUT2D eigenvalue weighted by Crippen LogP contribution is -2.44. The molecule has 1 aromatic rings. The van der Waals surface area contributed by atoms with E-state index in [9.17, 15) is 4.79 Å². The van der Waals surface area contributed by atoms with Crippen molar-refractivity contribution < 1.29 is 4.79 Å². The van der Waals surface area contributed by atoms with E-state index in [1.807, 2.05) is 11.0 Å². The van der Waals surface area contributed by atoms with Gasteiger partial charge in [0.15, 0.2) is 0 Å². The maximum Gasteiger partial charge on any atom is 0.244 e. The smallest absolute Gasteiger partial charge is 0.244 e. The molecule has 100 valence electrons. The van der Waals surface area contributed by atoms with Crippen LogP contribution in [0.3, 0.4) is 0 Å². The molecule has 0 aromatic carbocycles. The van der Waals surface area contributed by atoms with Gasteiger partial charge in [-0.1, -0.05) is 0 Å². The molecule has 1 unspecified atom stereocenters. The Morgan fingerprint density at radius 3 is 2.89 bits per heavy atom. The van der Waals surface area contributed by atoms with Crippen molar-refractivity contribution in [3.05, 3.63) is 18.0 Å². The number of hydrogen-bond acceptors (Lipinski definition) is 5. The molecule has 2 heterocycles. The summed E-state index contributed by atoms with van der Waals surface area (Å²) in [7, 11) is 0. The standard InChI is InChI=1S/C13H17N5O/c1-10(12(19)18-7-3-2-4-8-18)16-13-15-6-5-11(9-14)17-13/h5-6,10H,2-4,7-8H2,1H3,(H,15,16,17). The van der Waals surface area contributed by atoms with Crippen LogP contribution in [0.25, 0.3) is 0 Å². The van der Waals surface area contributed by atoms with E-state index in [0.717, 1.165) is 25.9 Å². The van der Waals surface area contributed by atoms with Crippen molar-refractivity contribution in [1.82, 2.24) is 14.9 Å². The number of piperidine rings is 1. The third kappa shape index (κ3) is 3.41. The summed E-state index contributed by atoms with van der Waals surface area (Å²) in [4.78, 5) is 22.1. The zero-order valence-electron chi connectivity index (χ0n) is 11.0. The molecule has 1 N–H and O–H groups in total. The highest BCUT2D eigenvalue weighted by atomic mass is 16.2. The van der Waals surface area contributed by atoms with Crippen LogP contribution in [0.1, 0.15) is 31.9 Å². The normalized spacial score (nSPS) is 16.5. The van der Waals surface area contributed by atoms with Crippen molar-refractivity contribution >= 4 is 11.9 Å². The first-order valence-electron chi connectivity index (χ1n) is 6.49. The molecule has 0 aliphatic carbocycles. The number of likely N-dealkylation sites (tertiary alicyclic amines) is 1. The van der Waals surface area contributed by atoms with Crippen LogP contribution in [0, 0.1) is 11.3 Å². The number of amides is 1. The highest BCUT2D eigenvalue weighted by molar-refractivity contribution is 5.83. The quantitative estimate of drug-likeness (QED) is 0.880. The van der Waals surface area contributed by atoms with Crippen LogP contribution in [-0.4, -0.2) is 39.9 Å². The molecule has 0 radical (unpaired) electrons. The first kappa shape index (κ1) is 13.3. The Morgan fingerprint density at radius 1 is 1.47 bits per heavy atom. The largest absolute Gasteiger partial charge is 0.343 e. The minimum Gasteiger partial charge on any atom is -0.343 e. The van der Waals surface area contributed by atoms with Gasteiger partial charge in [0.1, 0.15) is 17.8 Å². The van der Waals surface area contributed by atoms with Crippen molar-refractivity contribution in [2.45, 2.75) is 32.2 Å². The van der Waals surface area contributed by atoms with Crippen LogP contribution < -0.4 is 5.32 Å². The summed E-state index contributed by atoms with van der Waals surface area (Å²) in [6.07, 6.45) is 4.84. The summed E-state index contributed by atoms with van der Waals surface area (Å²) >= 11 is 0. The number of nitriles is 1. The number of anilines is 1. The van der Waals surface area contributed by atoms with Gasteiger partial charge in [0.2, 0.25) is 11.9 Å². The van der Waals surface area contributed by atoms with Crippen LogP contribution in [-0.2, 0) is 4.79 Å². The highest BCUT2D eigenvalue weighted by Gasteiger charge is 2.22. The monoisotopic (exact) mass is 259 g/mol. The Morgan fingerprint density at radius 2 is 2.21 bits per heavy atom. The van der Waals surface area contributed by atoms with E-state index in [4.69, 9.17) is 5.26 Å². The number of nitrogens with one attached hydrogen (secondary N) is 1. The lowest BCUT2D eigenvalue weighted by molar-refractivity contribution is -0.132. The number of carbonyl (C=O) groups is 1. The first-order chi connectivity index (χ1) is 9.20. The van der Waals surface area contributed by atoms with Gasteiger partial charge in [-0.25, -0.2) is 9.97 Å². The molecule has 1 amide bonds. The van der Waals surface area contributed by atoms with E-state index >= 15 is 0 Å². The van der Waals surface area contributed by atoms with Gasteiger partial charge >= 0.3 is 0 Å². The topological polar surface area (TPSA) is 81.9 Å². The van der Waals surface area contributed by atoms with Crippen LogP contribution in [0.5, 0.6) is 0 Å². The molecule has 6 nitrogen and oxygen atoms in total. The van der Waals surface area contributed by atoms with Crippen molar-refractivity contribution in [2.75, 3.05) is 18.4 Å². The third-order valence-electron chi connectivity index (χ3n) is 3.15. The predicted molar refractivity (Wildman–Crippen MR) is 70.3 cm³/mol. The van der Waals surface area contributed by atoms with Gasteiger partial charge in [-0.2, -0.15) is 5.26 Å². The van der Waals surface area contributed by atoms with E-state index in [1.54, 1.807) is 6.92 Å². The second kappa shape index (κ2) is 6.14. The molecule has 2 rings (SSSR count). The second-order valence-corrected chi connectivity index (χ2v) is 4.63. The maximum atomic E-state index is 12.2. The van der Waals surface area contributed by atoms with Crippen LogP contribution in [0.15, 0.2) is 12.3 Å². The zero-order chi connectivity index (χ0) is 13.7. The van der Waals surface area contributed by atoms with Gasteiger partial charge < -0.3 is 10.2 Å². The van der Waals surface area contributed by atoms with Crippen LogP contribution >= 0.6 is 0 Å². The van der Waals surface area contributed by atoms with Crippen LogP contribution in [0.4, 0.5) is 5.95 Å². The van der Waals surface area contributed by atoms with Crippen molar-refractivity contribution in [1.29, 1.82) is 5.26 Å². The van der Waals surface area contributed by atoms with Gasteiger partial charge in [0.25, 0.3) is 0 Å². The van der Waals surface area contributed by atoms with Gasteiger partial charge in [-0.3, -0.25) is 4.79 Å². The second-order valence-electron chi connectivity index (χ2n) is 4.63. The summed E-state index contributed by atoms with van der Waals surface area (Å²) < 4.78 is 0. The fourth-order valence-corrected chi connectivity index (χ4v) is 2.13. The molecule has 6 heteroatoms. The zero-order valence-corrected chi connectivity index (χ0v) is 11.0. The number of rotatable bonds is 3. The minimum atomic E-state index is -0.382. The van der Waals surface area contributed by atoms with Crippen LogP contribution in [0.2, 0.25) is 0 Å². The Bertz CT molecular complexity index is 490. The molecule has 1 aromatic heterocycles. The van der Waals surface area contributed by atoms with E-state index < -0.39 is 0 Å². The van der Waals surface area contributed by atoms with Crippen molar-refractivity contribution in [3.8, 4) is 6.07 Å². The molecule has 0 bridgehead atoms. The Balaban J connectivity index is 1.97. The number of carbonyl (C=O) groups excluding carboxylic acids is 1. The van der Waals surface area contributed by atoms with E-state index in [1.165, 1.54) is 18.7 Å². The fourth-order valence-electron chi connectivity index (χ4n) is 2.13. The Hall–Kier alpha value is -2.16. The molecule has 1 saturated heterocycles. The fraction of sp³-hybridized carbons (Fsp3) is 0.538. The summed E-state index contributed by atoms with van der Waals surface area (Å²) in [5.74, 6) is 0.377. The summed E-state index contributed by atoms with van der Waals surface area (Å²) in [6.45, 7) is 3.44. The summed E-state index contributed by atoms with van der Waals surface area (Å²) in [6, 6.07) is 3.09. The molecule has 1 fully saturated rings. The van der Waals surface area contributed by atoms with Gasteiger partial charge in [0, 0.05) is 19.3 Å². The molecular formula is C13H17N5O. The highest BCUT2D eigenvalue weighted by Crippen LogP contribution is 2.11. The summed E-state index contributed by atoms with van der Waals surface area (Å²) in [5.41, 5.74) is 0.287. The number of hydrogen-bond donors (Lipinski definition) is 1. The molecule has 1 aliphatic heterocycles. The van der Waals surface area contributed by atoms with Gasteiger partial charge in [-0.05, 0) is 32.3 Å². The predicted octanol–water partition coefficient (Wildman–Crippen LogP) is 1.16. The van der Waals surface area contributed by atoms with Gasteiger partial charge in [-0.15, -0.1) is 0 Å². The molecule has 0 saturated carbocycles. The van der Waals surface area contributed by atoms with Crippen molar-refractivity contribution in [2.24, 2.45) is 0 Å². The molecule has 19 heavy (non-hydrogen) atoms. The average Bonchev–Trinajstić information content (AvgIpc) is 2.47. The molecule has 0 spiro atoms. The molecular weight excluding hydrogens is 242 g/mol. The number of aromatic nitrogens is 2. The van der Waals surface area contributed by atoms with Gasteiger partial charge in [0.05, 0.1) is 0 Å². The van der Waals surface area contributed by atoms with E-state index in [-0.39, 0.29) is 17.6 Å². The number of nitrogens with zero attached hydrogens (tertiary/aromatic N) is 4. The van der Waals surface area contributed by atoms with E-state index in [2.05, 4.69) is 15.3 Å². The molecule has 1 aliphatic rings. The van der Waals surface area contributed by atoms with Crippen molar-refractivity contribution in [3.63, 3.8) is 0 Å². The average molecular weight is 259 g/mol. The SMILES string of the molecule is CC(Nc1nccc(C#N)n1)C(=O)N1CCCCC1. The maximum absolute atomic E-state index is 12.2. The lowest BCUT2D eigenvalue weighted by atomic mass is 10.1. The third-order valence-corrected chi connectivity index (χ3v) is 3.15. The molecule has 1 atom stereocenters.